The van der Waals surface area contributed by atoms with E-state index in [1.54, 1.807) is 0 Å². The molecule has 0 aromatic carbocycles. The van der Waals surface area contributed by atoms with Crippen LogP contribution in [0.5, 0.6) is 0 Å². The fraction of sp³-hybridized carbons (Fsp3) is 1.00. The molecule has 3 heteroatoms. The smallest absolute Gasteiger partial charge is 0.0900 e. The zero-order chi connectivity index (χ0) is 16.3. The van der Waals surface area contributed by atoms with E-state index in [2.05, 4.69) is 39.5 Å². The second-order valence-corrected chi connectivity index (χ2v) is 8.85. The summed E-state index contributed by atoms with van der Waals surface area (Å²) in [5.74, 6) is 0.730. The Morgan fingerprint density at radius 3 is 2.36 bits per heavy atom. The van der Waals surface area contributed by atoms with Crippen molar-refractivity contribution >= 4 is 0 Å². The van der Waals surface area contributed by atoms with Crippen molar-refractivity contribution in [2.24, 2.45) is 11.3 Å². The molecule has 1 aliphatic heterocycles. The van der Waals surface area contributed by atoms with Crippen molar-refractivity contribution in [3.63, 3.8) is 0 Å². The molecule has 0 spiro atoms. The fourth-order valence-corrected chi connectivity index (χ4v) is 4.76. The summed E-state index contributed by atoms with van der Waals surface area (Å²) in [4.78, 5) is 2.46. The summed E-state index contributed by atoms with van der Waals surface area (Å²) in [7, 11) is 0. The van der Waals surface area contributed by atoms with Crippen molar-refractivity contribution in [1.82, 2.24) is 4.90 Å². The van der Waals surface area contributed by atoms with Gasteiger partial charge in [-0.1, -0.05) is 27.2 Å². The molecule has 0 aromatic rings. The third kappa shape index (κ3) is 5.21. The molecule has 5 unspecified atom stereocenters. The first-order valence-electron chi connectivity index (χ1n) is 9.32. The number of ether oxygens (including phenoxy) is 1. The highest BCUT2D eigenvalue weighted by atomic mass is 16.5. The Labute approximate surface area is 137 Å². The third-order valence-corrected chi connectivity index (χ3v) is 5.67. The van der Waals surface area contributed by atoms with Crippen LogP contribution in [0, 0.1) is 11.3 Å². The third-order valence-electron chi connectivity index (χ3n) is 5.67. The minimum atomic E-state index is -0.358. The van der Waals surface area contributed by atoms with Crippen molar-refractivity contribution in [1.29, 1.82) is 0 Å². The second kappa shape index (κ2) is 7.63. The van der Waals surface area contributed by atoms with E-state index in [4.69, 9.17) is 4.74 Å². The van der Waals surface area contributed by atoms with E-state index >= 15 is 0 Å². The average molecular weight is 312 g/mol. The van der Waals surface area contributed by atoms with Crippen LogP contribution in [0.15, 0.2) is 0 Å². The Balaban J connectivity index is 1.76. The summed E-state index contributed by atoms with van der Waals surface area (Å²) in [6.45, 7) is 12.8. The molecule has 0 aromatic heterocycles. The minimum Gasteiger partial charge on any atom is -0.389 e. The Bertz CT molecular complexity index is 334. The lowest BCUT2D eigenvalue weighted by molar-refractivity contribution is -0.0680. The largest absolute Gasteiger partial charge is 0.389 e. The van der Waals surface area contributed by atoms with Crippen molar-refractivity contribution in [3.8, 4) is 0 Å². The molecule has 1 saturated carbocycles. The maximum Gasteiger partial charge on any atom is 0.0900 e. The minimum absolute atomic E-state index is 0.324. The molecule has 1 aliphatic carbocycles. The van der Waals surface area contributed by atoms with E-state index < -0.39 is 0 Å². The number of hydrogen-bond acceptors (Lipinski definition) is 3. The predicted molar refractivity (Wildman–Crippen MR) is 92.0 cm³/mol. The van der Waals surface area contributed by atoms with Gasteiger partial charge in [0.25, 0.3) is 0 Å². The standard InChI is InChI=1S/C19H37NO2/c1-14-9-18(11-19(4,5)10-14)22-13-17(21)12-20-15(2)7-6-8-16(20)3/h14-18,21H,6-13H2,1-5H3. The first kappa shape index (κ1) is 18.2. The van der Waals surface area contributed by atoms with Crippen LogP contribution in [-0.4, -0.2) is 47.4 Å². The molecule has 130 valence electrons. The Hall–Kier alpha value is -0.120. The predicted octanol–water partition coefficient (Wildman–Crippen LogP) is 3.84. The normalized spacial score (nSPS) is 37.9. The number of piperidine rings is 1. The van der Waals surface area contributed by atoms with Gasteiger partial charge in [-0.05, 0) is 57.3 Å². The van der Waals surface area contributed by atoms with Crippen LogP contribution >= 0.6 is 0 Å². The van der Waals surface area contributed by atoms with Crippen LogP contribution in [0.1, 0.15) is 73.1 Å². The molecule has 1 saturated heterocycles. The molecule has 2 rings (SSSR count). The van der Waals surface area contributed by atoms with Gasteiger partial charge in [0.2, 0.25) is 0 Å². The fourth-order valence-electron chi connectivity index (χ4n) is 4.76. The van der Waals surface area contributed by atoms with Crippen molar-refractivity contribution in [2.45, 2.75) is 97.4 Å². The molecule has 22 heavy (non-hydrogen) atoms. The number of β-amino-alcohol motifs (C(OH)–C–C–N with tert-alkyl or cyclic N) is 1. The number of aliphatic hydroxyl groups is 1. The van der Waals surface area contributed by atoms with E-state index in [1.165, 1.54) is 25.7 Å². The van der Waals surface area contributed by atoms with E-state index in [1.807, 2.05) is 0 Å². The summed E-state index contributed by atoms with van der Waals surface area (Å²) < 4.78 is 6.09. The van der Waals surface area contributed by atoms with Crippen LogP contribution in [0.2, 0.25) is 0 Å². The van der Waals surface area contributed by atoms with Crippen LogP contribution in [0.3, 0.4) is 0 Å². The van der Waals surface area contributed by atoms with Gasteiger partial charge in [-0.25, -0.2) is 0 Å². The van der Waals surface area contributed by atoms with Crippen molar-refractivity contribution < 1.29 is 9.84 Å². The van der Waals surface area contributed by atoms with Gasteiger partial charge < -0.3 is 9.84 Å². The van der Waals surface area contributed by atoms with Crippen LogP contribution in [0.25, 0.3) is 0 Å². The number of hydrogen-bond donors (Lipinski definition) is 1. The molecule has 0 bridgehead atoms. The summed E-state index contributed by atoms with van der Waals surface area (Å²) in [6.07, 6.45) is 7.36. The highest BCUT2D eigenvalue weighted by Gasteiger charge is 2.33. The maximum atomic E-state index is 10.4. The van der Waals surface area contributed by atoms with E-state index in [9.17, 15) is 5.11 Å². The summed E-state index contributed by atoms with van der Waals surface area (Å²) in [5, 5.41) is 10.4. The van der Waals surface area contributed by atoms with Crippen LogP contribution in [-0.2, 0) is 4.74 Å². The lowest BCUT2D eigenvalue weighted by Crippen LogP contribution is -2.48. The molecule has 0 amide bonds. The summed E-state index contributed by atoms with van der Waals surface area (Å²) >= 11 is 0. The molecular weight excluding hydrogens is 274 g/mol. The van der Waals surface area contributed by atoms with Crippen LogP contribution in [0.4, 0.5) is 0 Å². The van der Waals surface area contributed by atoms with Gasteiger partial charge in [-0.3, -0.25) is 4.90 Å². The number of nitrogens with zero attached hydrogens (tertiary/aromatic N) is 1. The lowest BCUT2D eigenvalue weighted by atomic mass is 9.71. The molecule has 0 radical (unpaired) electrons. The maximum absolute atomic E-state index is 10.4. The van der Waals surface area contributed by atoms with Gasteiger partial charge in [0.1, 0.15) is 0 Å². The van der Waals surface area contributed by atoms with Gasteiger partial charge in [0.05, 0.1) is 18.8 Å². The Morgan fingerprint density at radius 1 is 1.14 bits per heavy atom. The number of aliphatic hydroxyl groups excluding tert-OH is 1. The highest BCUT2D eigenvalue weighted by Crippen LogP contribution is 2.39. The second-order valence-electron chi connectivity index (χ2n) is 8.85. The quantitative estimate of drug-likeness (QED) is 0.837. The van der Waals surface area contributed by atoms with Gasteiger partial charge in [0, 0.05) is 18.6 Å². The zero-order valence-electron chi connectivity index (χ0n) is 15.3. The van der Waals surface area contributed by atoms with Gasteiger partial charge in [-0.2, -0.15) is 0 Å². The molecule has 5 atom stereocenters. The average Bonchev–Trinajstić information content (AvgIpc) is 2.38. The van der Waals surface area contributed by atoms with E-state index in [-0.39, 0.29) is 6.10 Å². The first-order valence-corrected chi connectivity index (χ1v) is 9.32. The van der Waals surface area contributed by atoms with Crippen molar-refractivity contribution in [2.75, 3.05) is 13.2 Å². The van der Waals surface area contributed by atoms with Crippen molar-refractivity contribution in [3.05, 3.63) is 0 Å². The number of rotatable bonds is 5. The summed E-state index contributed by atoms with van der Waals surface area (Å²) in [6, 6.07) is 1.18. The van der Waals surface area contributed by atoms with Gasteiger partial charge >= 0.3 is 0 Å². The summed E-state index contributed by atoms with van der Waals surface area (Å²) in [5.41, 5.74) is 0.378. The van der Waals surface area contributed by atoms with Crippen LogP contribution < -0.4 is 0 Å². The topological polar surface area (TPSA) is 32.7 Å². The SMILES string of the molecule is CC1CC(OCC(O)CN2C(C)CCCC2C)CC(C)(C)C1. The lowest BCUT2D eigenvalue weighted by Gasteiger charge is -2.41. The molecule has 3 nitrogen and oxygen atoms in total. The van der Waals surface area contributed by atoms with E-state index in [0.29, 0.717) is 30.2 Å². The first-order chi connectivity index (χ1) is 10.3. The molecule has 2 aliphatic rings. The van der Waals surface area contributed by atoms with E-state index in [0.717, 1.165) is 25.3 Å². The van der Waals surface area contributed by atoms with Gasteiger partial charge in [-0.15, -0.1) is 0 Å². The Kier molecular flexibility index (Phi) is 6.32. The highest BCUT2D eigenvalue weighted by molar-refractivity contribution is 4.84. The molecule has 1 heterocycles. The Morgan fingerprint density at radius 2 is 1.77 bits per heavy atom. The monoisotopic (exact) mass is 311 g/mol. The molecule has 2 fully saturated rings. The number of likely N-dealkylation sites (tertiary alicyclic amines) is 1. The molecular formula is C19H37NO2. The molecule has 1 N–H and O–H groups in total. The van der Waals surface area contributed by atoms with Gasteiger partial charge in [0.15, 0.2) is 0 Å². The zero-order valence-corrected chi connectivity index (χ0v) is 15.3.